The maximum atomic E-state index is 6.55. The van der Waals surface area contributed by atoms with Crippen molar-refractivity contribution in [1.29, 1.82) is 0 Å². The fraction of sp³-hybridized carbons (Fsp3) is 0.538. The molecule has 2 N–H and O–H groups in total. The van der Waals surface area contributed by atoms with Crippen LogP contribution in [0.4, 0.5) is 0 Å². The average molecular weight is 298 g/mol. The third-order valence-electron chi connectivity index (χ3n) is 3.75. The molecule has 0 radical (unpaired) electrons. The minimum absolute atomic E-state index is 0.239. The van der Waals surface area contributed by atoms with E-state index in [4.69, 9.17) is 15.2 Å². The topological polar surface area (TPSA) is 44.5 Å². The predicted octanol–water partition coefficient (Wildman–Crippen LogP) is 3.30. The average Bonchev–Trinajstić information content (AvgIpc) is 2.80. The van der Waals surface area contributed by atoms with E-state index >= 15 is 0 Å². The SMILES string of the molecule is NC1(c2ccc(Br)c3c2OCO3)CCCCC1. The van der Waals surface area contributed by atoms with Gasteiger partial charge in [0.2, 0.25) is 6.79 Å². The van der Waals surface area contributed by atoms with Crippen LogP contribution in [0.3, 0.4) is 0 Å². The lowest BCUT2D eigenvalue weighted by atomic mass is 9.77. The van der Waals surface area contributed by atoms with E-state index in [9.17, 15) is 0 Å². The number of hydrogen-bond donors (Lipinski definition) is 1. The summed E-state index contributed by atoms with van der Waals surface area (Å²) in [4.78, 5) is 0. The Morgan fingerprint density at radius 1 is 1.06 bits per heavy atom. The van der Waals surface area contributed by atoms with Crippen LogP contribution in [0.15, 0.2) is 16.6 Å². The van der Waals surface area contributed by atoms with Crippen molar-refractivity contribution in [2.24, 2.45) is 5.73 Å². The van der Waals surface area contributed by atoms with Crippen molar-refractivity contribution in [2.75, 3.05) is 6.79 Å². The predicted molar refractivity (Wildman–Crippen MR) is 69.2 cm³/mol. The molecule has 0 spiro atoms. The zero-order valence-electron chi connectivity index (χ0n) is 9.67. The highest BCUT2D eigenvalue weighted by Crippen LogP contribution is 2.48. The molecule has 0 unspecified atom stereocenters. The maximum Gasteiger partial charge on any atom is 0.231 e. The van der Waals surface area contributed by atoms with Crippen molar-refractivity contribution in [3.05, 3.63) is 22.2 Å². The highest BCUT2D eigenvalue weighted by Gasteiger charge is 2.35. The highest BCUT2D eigenvalue weighted by atomic mass is 79.9. The molecule has 3 nitrogen and oxygen atoms in total. The molecule has 2 aliphatic rings. The number of nitrogens with two attached hydrogens (primary N) is 1. The molecular weight excluding hydrogens is 282 g/mol. The second-order valence-electron chi connectivity index (χ2n) is 4.88. The van der Waals surface area contributed by atoms with Crippen LogP contribution in [0.25, 0.3) is 0 Å². The summed E-state index contributed by atoms with van der Waals surface area (Å²) in [5, 5.41) is 0. The minimum atomic E-state index is -0.239. The normalized spacial score (nSPS) is 21.5. The van der Waals surface area contributed by atoms with E-state index < -0.39 is 0 Å². The molecule has 0 saturated heterocycles. The Bertz CT molecular complexity index is 441. The van der Waals surface area contributed by atoms with Crippen LogP contribution in [0.2, 0.25) is 0 Å². The fourth-order valence-corrected chi connectivity index (χ4v) is 3.23. The Kier molecular flexibility index (Phi) is 2.79. The van der Waals surface area contributed by atoms with Crippen molar-refractivity contribution in [2.45, 2.75) is 37.6 Å². The number of fused-ring (bicyclic) bond motifs is 1. The Morgan fingerprint density at radius 2 is 1.76 bits per heavy atom. The molecular formula is C13H16BrNO2. The summed E-state index contributed by atoms with van der Waals surface area (Å²) in [7, 11) is 0. The lowest BCUT2D eigenvalue weighted by molar-refractivity contribution is 0.170. The largest absolute Gasteiger partial charge is 0.453 e. The van der Waals surface area contributed by atoms with E-state index in [1.807, 2.05) is 6.07 Å². The second-order valence-corrected chi connectivity index (χ2v) is 5.73. The number of ether oxygens (including phenoxy) is 2. The van der Waals surface area contributed by atoms with Crippen LogP contribution in [-0.2, 0) is 5.54 Å². The first-order valence-electron chi connectivity index (χ1n) is 6.08. The quantitative estimate of drug-likeness (QED) is 0.865. The zero-order valence-corrected chi connectivity index (χ0v) is 11.3. The van der Waals surface area contributed by atoms with Crippen molar-refractivity contribution in [1.82, 2.24) is 0 Å². The monoisotopic (exact) mass is 297 g/mol. The molecule has 92 valence electrons. The molecule has 0 aromatic heterocycles. The van der Waals surface area contributed by atoms with Gasteiger partial charge < -0.3 is 15.2 Å². The molecule has 1 aliphatic carbocycles. The molecule has 1 aromatic rings. The summed E-state index contributed by atoms with van der Waals surface area (Å²) < 4.78 is 12.0. The van der Waals surface area contributed by atoms with Gasteiger partial charge in [0.15, 0.2) is 11.5 Å². The van der Waals surface area contributed by atoms with Crippen molar-refractivity contribution in [3.63, 3.8) is 0 Å². The molecule has 1 saturated carbocycles. The first-order valence-corrected chi connectivity index (χ1v) is 6.87. The van der Waals surface area contributed by atoms with Gasteiger partial charge in [0.05, 0.1) is 4.47 Å². The number of halogens is 1. The van der Waals surface area contributed by atoms with E-state index in [2.05, 4.69) is 22.0 Å². The minimum Gasteiger partial charge on any atom is -0.453 e. The van der Waals surface area contributed by atoms with Crippen LogP contribution in [0, 0.1) is 0 Å². The van der Waals surface area contributed by atoms with Gasteiger partial charge in [-0.25, -0.2) is 0 Å². The molecule has 1 fully saturated rings. The van der Waals surface area contributed by atoms with Gasteiger partial charge in [0.25, 0.3) is 0 Å². The molecule has 3 rings (SSSR count). The third kappa shape index (κ3) is 1.83. The van der Waals surface area contributed by atoms with Crippen LogP contribution in [-0.4, -0.2) is 6.79 Å². The maximum absolute atomic E-state index is 6.55. The molecule has 17 heavy (non-hydrogen) atoms. The number of rotatable bonds is 1. The van der Waals surface area contributed by atoms with Crippen molar-refractivity contribution in [3.8, 4) is 11.5 Å². The summed E-state index contributed by atoms with van der Waals surface area (Å²) in [5.74, 6) is 1.64. The van der Waals surface area contributed by atoms with E-state index in [1.54, 1.807) is 0 Å². The van der Waals surface area contributed by atoms with Gasteiger partial charge in [-0.1, -0.05) is 25.3 Å². The van der Waals surface area contributed by atoms with E-state index in [1.165, 1.54) is 19.3 Å². The van der Waals surface area contributed by atoms with Gasteiger partial charge in [-0.15, -0.1) is 0 Å². The van der Waals surface area contributed by atoms with Crippen LogP contribution in [0.5, 0.6) is 11.5 Å². The van der Waals surface area contributed by atoms with Crippen LogP contribution < -0.4 is 15.2 Å². The van der Waals surface area contributed by atoms with Crippen molar-refractivity contribution >= 4 is 15.9 Å². The first-order chi connectivity index (χ1) is 8.21. The van der Waals surface area contributed by atoms with Crippen LogP contribution >= 0.6 is 15.9 Å². The summed E-state index contributed by atoms with van der Waals surface area (Å²) >= 11 is 3.48. The van der Waals surface area contributed by atoms with Gasteiger partial charge in [-0.2, -0.15) is 0 Å². The number of hydrogen-bond acceptors (Lipinski definition) is 3. The van der Waals surface area contributed by atoms with Gasteiger partial charge in [-0.05, 0) is 34.8 Å². The second kappa shape index (κ2) is 4.18. The molecule has 1 heterocycles. The summed E-state index contributed by atoms with van der Waals surface area (Å²) in [6, 6.07) is 4.08. The summed E-state index contributed by atoms with van der Waals surface area (Å²) in [5.41, 5.74) is 7.42. The molecule has 0 bridgehead atoms. The van der Waals surface area contributed by atoms with Gasteiger partial charge in [0.1, 0.15) is 0 Å². The molecule has 1 aliphatic heterocycles. The van der Waals surface area contributed by atoms with Gasteiger partial charge in [0, 0.05) is 11.1 Å². The Morgan fingerprint density at radius 3 is 2.53 bits per heavy atom. The first kappa shape index (κ1) is 11.4. The van der Waals surface area contributed by atoms with Gasteiger partial charge >= 0.3 is 0 Å². The zero-order chi connectivity index (χ0) is 11.9. The van der Waals surface area contributed by atoms with E-state index in [0.29, 0.717) is 6.79 Å². The van der Waals surface area contributed by atoms with E-state index in [0.717, 1.165) is 34.4 Å². The number of benzene rings is 1. The molecule has 0 atom stereocenters. The fourth-order valence-electron chi connectivity index (χ4n) is 2.81. The lowest BCUT2D eigenvalue weighted by Crippen LogP contribution is -2.38. The Balaban J connectivity index is 2.06. The molecule has 4 heteroatoms. The lowest BCUT2D eigenvalue weighted by Gasteiger charge is -2.34. The molecule has 1 aromatic carbocycles. The standard InChI is InChI=1S/C13H16BrNO2/c14-10-5-4-9(11-12(10)17-8-16-11)13(15)6-2-1-3-7-13/h4-5H,1-3,6-8,15H2. The Hall–Kier alpha value is -0.740. The van der Waals surface area contributed by atoms with Crippen molar-refractivity contribution < 1.29 is 9.47 Å². The van der Waals surface area contributed by atoms with Gasteiger partial charge in [-0.3, -0.25) is 0 Å². The third-order valence-corrected chi connectivity index (χ3v) is 4.38. The van der Waals surface area contributed by atoms with E-state index in [-0.39, 0.29) is 5.54 Å². The summed E-state index contributed by atoms with van der Waals surface area (Å²) in [6.45, 7) is 0.293. The smallest absolute Gasteiger partial charge is 0.231 e. The Labute approximate surface area is 109 Å². The highest BCUT2D eigenvalue weighted by molar-refractivity contribution is 9.10. The summed E-state index contributed by atoms with van der Waals surface area (Å²) in [6.07, 6.45) is 5.74. The van der Waals surface area contributed by atoms with Crippen LogP contribution in [0.1, 0.15) is 37.7 Å². The molecule has 0 amide bonds.